The molecule has 8 heteroatoms. The molecule has 0 unspecified atom stereocenters. The van der Waals surface area contributed by atoms with E-state index in [1.807, 2.05) is 11.8 Å². The summed E-state index contributed by atoms with van der Waals surface area (Å²) in [6.07, 6.45) is 2.51. The van der Waals surface area contributed by atoms with Gasteiger partial charge in [0.1, 0.15) is 0 Å². The van der Waals surface area contributed by atoms with Crippen LogP contribution in [0.25, 0.3) is 5.69 Å². The van der Waals surface area contributed by atoms with Crippen molar-refractivity contribution < 1.29 is 13.6 Å². The first-order chi connectivity index (χ1) is 12.1. The van der Waals surface area contributed by atoms with Crippen molar-refractivity contribution in [3.63, 3.8) is 0 Å². The van der Waals surface area contributed by atoms with Crippen molar-refractivity contribution in [2.24, 2.45) is 0 Å². The third-order valence-corrected chi connectivity index (χ3v) is 5.04. The summed E-state index contributed by atoms with van der Waals surface area (Å²) in [5.74, 6) is -1.88. The summed E-state index contributed by atoms with van der Waals surface area (Å²) in [6.45, 7) is 4.18. The molecule has 26 heavy (non-hydrogen) atoms. The van der Waals surface area contributed by atoms with Gasteiger partial charge in [0, 0.05) is 43.0 Å². The smallest absolute Gasteiger partial charge is 0.274 e. The van der Waals surface area contributed by atoms with Gasteiger partial charge in [0.05, 0.1) is 5.69 Å². The molecule has 2 heterocycles. The molecule has 0 radical (unpaired) electrons. The minimum Gasteiger partial charge on any atom is -0.332 e. The SMILES string of the molecule is C[C@H]1CNCCN1C(=O)c1nn(-c2ccc(F)c(F)c2)c2c1CCC2.Cl. The Labute approximate surface area is 156 Å². The van der Waals surface area contributed by atoms with Crippen LogP contribution in [0.5, 0.6) is 0 Å². The standard InChI is InChI=1S/C18H20F2N4O.ClH/c1-11-10-21-7-8-23(11)18(25)17-13-3-2-4-16(13)24(22-17)12-5-6-14(19)15(20)9-12;/h5-6,9,11,21H,2-4,7-8,10H2,1H3;1H/t11-;/m0./s1. The van der Waals surface area contributed by atoms with Gasteiger partial charge in [0.25, 0.3) is 5.91 Å². The van der Waals surface area contributed by atoms with Crippen LogP contribution in [-0.4, -0.2) is 46.3 Å². The highest BCUT2D eigenvalue weighted by molar-refractivity contribution is 5.94. The van der Waals surface area contributed by atoms with Gasteiger partial charge in [-0.05, 0) is 38.3 Å². The summed E-state index contributed by atoms with van der Waals surface area (Å²) in [6, 6.07) is 3.81. The van der Waals surface area contributed by atoms with E-state index < -0.39 is 11.6 Å². The summed E-state index contributed by atoms with van der Waals surface area (Å²) in [4.78, 5) is 14.9. The van der Waals surface area contributed by atoms with E-state index in [2.05, 4.69) is 10.4 Å². The van der Waals surface area contributed by atoms with Gasteiger partial charge < -0.3 is 10.2 Å². The van der Waals surface area contributed by atoms with Crippen LogP contribution in [0.15, 0.2) is 18.2 Å². The maximum Gasteiger partial charge on any atom is 0.274 e. The molecule has 4 rings (SSSR count). The number of hydrogen-bond donors (Lipinski definition) is 1. The molecule has 2 aromatic rings. The number of aromatic nitrogens is 2. The molecule has 1 aromatic heterocycles. The summed E-state index contributed by atoms with van der Waals surface area (Å²) in [7, 11) is 0. The Bertz CT molecular complexity index is 839. The second-order valence-electron chi connectivity index (χ2n) is 6.69. The van der Waals surface area contributed by atoms with Crippen LogP contribution < -0.4 is 5.32 Å². The van der Waals surface area contributed by atoms with Crippen molar-refractivity contribution in [2.45, 2.75) is 32.2 Å². The van der Waals surface area contributed by atoms with Gasteiger partial charge in [-0.1, -0.05) is 0 Å². The average Bonchev–Trinajstić information content (AvgIpc) is 3.20. The van der Waals surface area contributed by atoms with Crippen molar-refractivity contribution in [1.82, 2.24) is 20.0 Å². The number of fused-ring (bicyclic) bond motifs is 1. The first-order valence-electron chi connectivity index (χ1n) is 8.64. The van der Waals surface area contributed by atoms with Crippen LogP contribution >= 0.6 is 12.4 Å². The van der Waals surface area contributed by atoms with E-state index >= 15 is 0 Å². The van der Waals surface area contributed by atoms with Crippen LogP contribution in [0.4, 0.5) is 8.78 Å². The Kier molecular flexibility index (Phi) is 5.29. The molecule has 1 aliphatic carbocycles. The number of carbonyl (C=O) groups excluding carboxylic acids is 1. The number of rotatable bonds is 2. The van der Waals surface area contributed by atoms with Crippen LogP contribution in [-0.2, 0) is 12.8 Å². The van der Waals surface area contributed by atoms with Crippen LogP contribution in [0.1, 0.15) is 35.1 Å². The van der Waals surface area contributed by atoms with Crippen molar-refractivity contribution in [3.8, 4) is 5.69 Å². The zero-order valence-electron chi connectivity index (χ0n) is 14.5. The Morgan fingerprint density at radius 1 is 1.27 bits per heavy atom. The zero-order chi connectivity index (χ0) is 17.6. The second-order valence-corrected chi connectivity index (χ2v) is 6.69. The molecule has 1 fully saturated rings. The largest absolute Gasteiger partial charge is 0.332 e. The van der Waals surface area contributed by atoms with E-state index in [4.69, 9.17) is 0 Å². The maximum absolute atomic E-state index is 13.6. The molecular weight excluding hydrogens is 362 g/mol. The lowest BCUT2D eigenvalue weighted by atomic mass is 10.1. The third-order valence-electron chi connectivity index (χ3n) is 5.04. The minimum absolute atomic E-state index is 0. The fourth-order valence-electron chi connectivity index (χ4n) is 3.72. The number of nitrogens with one attached hydrogen (secondary N) is 1. The zero-order valence-corrected chi connectivity index (χ0v) is 15.3. The molecule has 1 N–H and O–H groups in total. The lowest BCUT2D eigenvalue weighted by molar-refractivity contribution is 0.0648. The molecule has 5 nitrogen and oxygen atoms in total. The first kappa shape index (κ1) is 18.8. The molecule has 0 bridgehead atoms. The van der Waals surface area contributed by atoms with Crippen molar-refractivity contribution in [2.75, 3.05) is 19.6 Å². The minimum atomic E-state index is -0.914. The predicted octanol–water partition coefficient (Wildman–Crippen LogP) is 2.49. The van der Waals surface area contributed by atoms with Crippen molar-refractivity contribution in [1.29, 1.82) is 0 Å². The number of carbonyl (C=O) groups is 1. The Morgan fingerprint density at radius 2 is 2.08 bits per heavy atom. The van der Waals surface area contributed by atoms with E-state index in [0.717, 1.165) is 55.7 Å². The van der Waals surface area contributed by atoms with E-state index in [1.165, 1.54) is 6.07 Å². The summed E-state index contributed by atoms with van der Waals surface area (Å²) in [5, 5.41) is 7.77. The van der Waals surface area contributed by atoms with Crippen LogP contribution in [0.3, 0.4) is 0 Å². The molecule has 1 atom stereocenters. The Morgan fingerprint density at radius 3 is 2.81 bits per heavy atom. The molecular formula is C18H21ClF2N4O. The molecule has 1 amide bonds. The number of piperazine rings is 1. The van der Waals surface area contributed by atoms with Crippen molar-refractivity contribution >= 4 is 18.3 Å². The quantitative estimate of drug-likeness (QED) is 0.868. The molecule has 1 saturated heterocycles. The maximum atomic E-state index is 13.6. The van der Waals surface area contributed by atoms with E-state index in [9.17, 15) is 13.6 Å². The number of benzene rings is 1. The van der Waals surface area contributed by atoms with Gasteiger partial charge in [0.15, 0.2) is 17.3 Å². The summed E-state index contributed by atoms with van der Waals surface area (Å²) in [5.41, 5.74) is 2.77. The van der Waals surface area contributed by atoms with Gasteiger partial charge in [-0.3, -0.25) is 4.79 Å². The van der Waals surface area contributed by atoms with Gasteiger partial charge in [-0.25, -0.2) is 13.5 Å². The normalized spacial score (nSPS) is 19.2. The fourth-order valence-corrected chi connectivity index (χ4v) is 3.72. The number of halogens is 3. The van der Waals surface area contributed by atoms with Crippen molar-refractivity contribution in [3.05, 3.63) is 46.8 Å². The Balaban J connectivity index is 0.00000196. The van der Waals surface area contributed by atoms with Crippen LogP contribution in [0, 0.1) is 11.6 Å². The predicted molar refractivity (Wildman–Crippen MR) is 96.1 cm³/mol. The monoisotopic (exact) mass is 382 g/mol. The number of hydrogen-bond acceptors (Lipinski definition) is 3. The highest BCUT2D eigenvalue weighted by Gasteiger charge is 2.32. The van der Waals surface area contributed by atoms with Gasteiger partial charge in [0.2, 0.25) is 0 Å². The highest BCUT2D eigenvalue weighted by Crippen LogP contribution is 2.29. The van der Waals surface area contributed by atoms with Gasteiger partial charge in [-0.15, -0.1) is 12.4 Å². The number of nitrogens with zero attached hydrogens (tertiary/aromatic N) is 3. The molecule has 1 aliphatic heterocycles. The lowest BCUT2D eigenvalue weighted by Crippen LogP contribution is -2.52. The molecule has 2 aliphatic rings. The molecule has 1 aromatic carbocycles. The van der Waals surface area contributed by atoms with Gasteiger partial charge in [-0.2, -0.15) is 5.10 Å². The fraction of sp³-hybridized carbons (Fsp3) is 0.444. The molecule has 0 spiro atoms. The topological polar surface area (TPSA) is 50.2 Å². The Hall–Kier alpha value is -1.99. The molecule has 0 saturated carbocycles. The van der Waals surface area contributed by atoms with E-state index in [1.54, 1.807) is 4.68 Å². The average molecular weight is 383 g/mol. The first-order valence-corrected chi connectivity index (χ1v) is 8.64. The van der Waals surface area contributed by atoms with Crippen LogP contribution in [0.2, 0.25) is 0 Å². The van der Waals surface area contributed by atoms with Gasteiger partial charge >= 0.3 is 0 Å². The van der Waals surface area contributed by atoms with E-state index in [-0.39, 0.29) is 24.4 Å². The lowest BCUT2D eigenvalue weighted by Gasteiger charge is -2.33. The molecule has 140 valence electrons. The third kappa shape index (κ3) is 3.10. The second kappa shape index (κ2) is 7.32. The summed E-state index contributed by atoms with van der Waals surface area (Å²) < 4.78 is 28.5. The highest BCUT2D eigenvalue weighted by atomic mass is 35.5. The number of amides is 1. The summed E-state index contributed by atoms with van der Waals surface area (Å²) >= 11 is 0. The van der Waals surface area contributed by atoms with E-state index in [0.29, 0.717) is 17.9 Å².